The number of hydrogen-bond acceptors (Lipinski definition) is 9. The highest BCUT2D eigenvalue weighted by Gasteiger charge is 2.45. The van der Waals surface area contributed by atoms with E-state index in [0.29, 0.717) is 36.3 Å². The summed E-state index contributed by atoms with van der Waals surface area (Å²) in [6.07, 6.45) is 2.23. The van der Waals surface area contributed by atoms with Gasteiger partial charge >= 0.3 is 12.0 Å². The molecule has 0 spiro atoms. The van der Waals surface area contributed by atoms with Crippen molar-refractivity contribution >= 4 is 68.8 Å². The molecule has 3 aromatic rings. The Hall–Kier alpha value is -5.56. The van der Waals surface area contributed by atoms with Crippen LogP contribution in [0.5, 0.6) is 0 Å². The average molecular weight is 912 g/mol. The number of rotatable bonds is 23. The lowest BCUT2D eigenvalue weighted by Crippen LogP contribution is -2.52. The lowest BCUT2D eigenvalue weighted by atomic mass is 10.0. The summed E-state index contributed by atoms with van der Waals surface area (Å²) in [5.74, 6) is -3.42. The van der Waals surface area contributed by atoms with Gasteiger partial charge in [-0.25, -0.2) is 22.8 Å². The molecule has 4 atom stereocenters. The second-order valence-electron chi connectivity index (χ2n) is 16.0. The number of carboxylic acids is 1. The number of para-hydroxylation sites is 1. The van der Waals surface area contributed by atoms with E-state index in [9.17, 15) is 42.3 Å². The Labute approximate surface area is 374 Å². The van der Waals surface area contributed by atoms with Crippen molar-refractivity contribution in [2.75, 3.05) is 37.3 Å². The molecule has 1 fully saturated rings. The predicted molar refractivity (Wildman–Crippen MR) is 240 cm³/mol. The molecule has 0 saturated carbocycles. The van der Waals surface area contributed by atoms with Crippen molar-refractivity contribution in [2.45, 2.75) is 101 Å². The molecule has 63 heavy (non-hydrogen) atoms. The molecule has 1 heterocycles. The summed E-state index contributed by atoms with van der Waals surface area (Å²) >= 11 is 5.49. The van der Waals surface area contributed by atoms with Crippen molar-refractivity contribution < 1.29 is 42.3 Å². The first kappa shape index (κ1) is 50.1. The second kappa shape index (κ2) is 24.3. The first-order chi connectivity index (χ1) is 30.0. The number of aliphatic carboxylic acids is 1. The van der Waals surface area contributed by atoms with Crippen molar-refractivity contribution in [3.63, 3.8) is 0 Å². The lowest BCUT2D eigenvalue weighted by molar-refractivity contribution is -0.142. The topological polar surface area (TPSA) is 235 Å². The number of amides is 6. The molecule has 0 radical (unpaired) electrons. The van der Waals surface area contributed by atoms with Crippen LogP contribution >= 0.6 is 11.8 Å². The number of carbonyl (C=O) groups is 6. The Morgan fingerprint density at radius 3 is 2.22 bits per heavy atom. The minimum atomic E-state index is -4.24. The van der Waals surface area contributed by atoms with Gasteiger partial charge in [-0.2, -0.15) is 4.31 Å². The van der Waals surface area contributed by atoms with Gasteiger partial charge in [0.25, 0.3) is 0 Å². The third-order valence-electron chi connectivity index (χ3n) is 10.6. The van der Waals surface area contributed by atoms with E-state index >= 15 is 0 Å². The zero-order chi connectivity index (χ0) is 46.1. The predicted octanol–water partition coefficient (Wildman–Crippen LogP) is 4.38. The molecule has 4 rings (SSSR count). The van der Waals surface area contributed by atoms with Gasteiger partial charge in [0.15, 0.2) is 0 Å². The molecule has 7 N–H and O–H groups in total. The van der Waals surface area contributed by atoms with Crippen LogP contribution in [-0.4, -0.2) is 109 Å². The van der Waals surface area contributed by atoms with Crippen molar-refractivity contribution in [1.29, 1.82) is 0 Å². The summed E-state index contributed by atoms with van der Waals surface area (Å²) in [6.45, 7) is 5.89. The van der Waals surface area contributed by atoms with Gasteiger partial charge in [-0.1, -0.05) is 68.8 Å². The van der Waals surface area contributed by atoms with Gasteiger partial charge in [-0.3, -0.25) is 19.2 Å². The summed E-state index contributed by atoms with van der Waals surface area (Å²) in [5.41, 5.74) is 2.75. The molecular formula is C44H59ClN8O9S. The zero-order valence-electron chi connectivity index (χ0n) is 36.1. The Morgan fingerprint density at radius 1 is 0.889 bits per heavy atom. The van der Waals surface area contributed by atoms with E-state index in [4.69, 9.17) is 11.8 Å². The molecule has 3 aromatic carbocycles. The summed E-state index contributed by atoms with van der Waals surface area (Å²) in [5, 5.41) is 23.7. The number of hydrogen-bond donors (Lipinski definition) is 7. The maximum atomic E-state index is 13.8. The highest BCUT2D eigenvalue weighted by Crippen LogP contribution is 2.27. The first-order valence-electron chi connectivity index (χ1n) is 21.0. The quantitative estimate of drug-likeness (QED) is 0.0524. The maximum absolute atomic E-state index is 13.8. The van der Waals surface area contributed by atoms with Gasteiger partial charge in [-0.05, 0) is 98.2 Å². The minimum Gasteiger partial charge on any atom is -0.480 e. The van der Waals surface area contributed by atoms with Gasteiger partial charge < -0.3 is 36.6 Å². The number of sulfonamides is 1. The number of anilines is 2. The van der Waals surface area contributed by atoms with Gasteiger partial charge in [0.05, 0.1) is 11.3 Å². The Morgan fingerprint density at radius 2 is 1.57 bits per heavy atom. The number of carboxylic acid groups (broad SMARTS) is 1. The van der Waals surface area contributed by atoms with Crippen LogP contribution in [0.4, 0.5) is 16.2 Å². The standard InChI is InChI=1S/C44H59ClN8O9S/c1-29(2)25-37(52(4)40(55)26-31-18-20-32(21-19-31)49-44(60)51-35-16-11-10-13-30(35)3)41(56)46-24-22-36(43(58)59)50-42(57)38-27-33(48-39(54)17-9-6-12-23-47-45)28-53(38)63(61,62)34-14-7-5-8-15-34/h5,7-8,10-11,13-16,18-21,29,33,36-38,47H,6,9,12,17,22-28H2,1-4H3,(H,46,56)(H,48,54)(H,50,57)(H,58,59)(H2,49,51,60)/t33-,36+,37+,38+/m1/s1. The molecule has 6 amide bonds. The van der Waals surface area contributed by atoms with Crippen LogP contribution in [0.25, 0.3) is 0 Å². The number of urea groups is 1. The smallest absolute Gasteiger partial charge is 0.326 e. The molecular weight excluding hydrogens is 852 g/mol. The van der Waals surface area contributed by atoms with E-state index in [2.05, 4.69) is 31.4 Å². The van der Waals surface area contributed by atoms with Crippen LogP contribution in [0.3, 0.4) is 0 Å². The largest absolute Gasteiger partial charge is 0.480 e. The molecule has 17 nitrogen and oxygen atoms in total. The van der Waals surface area contributed by atoms with Gasteiger partial charge in [0, 0.05) is 50.5 Å². The molecule has 0 bridgehead atoms. The van der Waals surface area contributed by atoms with Crippen molar-refractivity contribution in [1.82, 2.24) is 30.0 Å². The number of unbranched alkanes of at least 4 members (excludes halogenated alkanes) is 2. The number of aryl methyl sites for hydroxylation is 1. The molecule has 1 aliphatic rings. The number of benzene rings is 3. The molecule has 1 aliphatic heterocycles. The SMILES string of the molecule is Cc1ccccc1NC(=O)Nc1ccc(CC(=O)N(C)[C@@H](CC(C)C)C(=O)NCC[C@H](NC(=O)[C@@H]2C[C@@H](NC(=O)CCCCCNCl)CN2S(=O)(=O)c2ccccc2)C(=O)O)cc1. The minimum absolute atomic E-state index is 0.00648. The number of nitrogens with one attached hydrogen (secondary N) is 6. The lowest BCUT2D eigenvalue weighted by Gasteiger charge is -2.29. The molecule has 342 valence electrons. The van der Waals surface area contributed by atoms with E-state index in [1.807, 2.05) is 39.0 Å². The Bertz CT molecular complexity index is 2140. The second-order valence-corrected chi connectivity index (χ2v) is 18.2. The normalized spacial score (nSPS) is 16.1. The average Bonchev–Trinajstić information content (AvgIpc) is 3.68. The van der Waals surface area contributed by atoms with E-state index < -0.39 is 58.0 Å². The van der Waals surface area contributed by atoms with Crippen LogP contribution in [0.1, 0.15) is 69.9 Å². The Kier molecular flexibility index (Phi) is 19.3. The van der Waals surface area contributed by atoms with E-state index in [-0.39, 0.29) is 61.4 Å². The zero-order valence-corrected chi connectivity index (χ0v) is 37.6. The molecule has 0 aliphatic carbocycles. The van der Waals surface area contributed by atoms with E-state index in [0.717, 1.165) is 22.7 Å². The van der Waals surface area contributed by atoms with Crippen LogP contribution in [0.15, 0.2) is 83.8 Å². The molecule has 19 heteroatoms. The third-order valence-corrected chi connectivity index (χ3v) is 12.7. The molecule has 0 unspecified atom stereocenters. The molecule has 1 saturated heterocycles. The number of halogens is 1. The number of carbonyl (C=O) groups excluding carboxylic acids is 5. The monoisotopic (exact) mass is 910 g/mol. The summed E-state index contributed by atoms with van der Waals surface area (Å²) < 4.78 is 28.5. The maximum Gasteiger partial charge on any atom is 0.326 e. The first-order valence-corrected chi connectivity index (χ1v) is 22.8. The van der Waals surface area contributed by atoms with Crippen molar-refractivity contribution in [3.05, 3.63) is 90.0 Å². The third kappa shape index (κ3) is 15.3. The van der Waals surface area contributed by atoms with Gasteiger partial charge in [0.1, 0.15) is 18.1 Å². The fourth-order valence-corrected chi connectivity index (χ4v) is 8.94. The van der Waals surface area contributed by atoms with Crippen LogP contribution in [-0.2, 0) is 40.4 Å². The molecule has 0 aromatic heterocycles. The van der Waals surface area contributed by atoms with Crippen molar-refractivity contribution in [2.24, 2.45) is 5.92 Å². The summed E-state index contributed by atoms with van der Waals surface area (Å²) in [7, 11) is -2.72. The van der Waals surface area contributed by atoms with Crippen LogP contribution in [0, 0.1) is 12.8 Å². The summed E-state index contributed by atoms with van der Waals surface area (Å²) in [6, 6.07) is 16.8. The van der Waals surface area contributed by atoms with E-state index in [1.165, 1.54) is 24.1 Å². The van der Waals surface area contributed by atoms with E-state index in [1.54, 1.807) is 48.5 Å². The number of nitrogens with zero attached hydrogens (tertiary/aromatic N) is 2. The number of likely N-dealkylation sites (N-methyl/N-ethyl adjacent to an activating group) is 1. The van der Waals surface area contributed by atoms with Gasteiger partial charge in [0.2, 0.25) is 33.7 Å². The van der Waals surface area contributed by atoms with Crippen LogP contribution in [0.2, 0.25) is 0 Å². The summed E-state index contributed by atoms with van der Waals surface area (Å²) in [4.78, 5) is 82.3. The van der Waals surface area contributed by atoms with Gasteiger partial charge in [-0.15, -0.1) is 0 Å². The Balaban J connectivity index is 1.35. The van der Waals surface area contributed by atoms with Crippen LogP contribution < -0.4 is 31.4 Å². The fourth-order valence-electron chi connectivity index (χ4n) is 7.14. The highest BCUT2D eigenvalue weighted by molar-refractivity contribution is 7.89. The fraction of sp³-hybridized carbons (Fsp3) is 0.455. The highest BCUT2D eigenvalue weighted by atomic mass is 35.5. The van der Waals surface area contributed by atoms with Crippen molar-refractivity contribution in [3.8, 4) is 0 Å².